The van der Waals surface area contributed by atoms with Crippen molar-refractivity contribution in [1.82, 2.24) is 4.98 Å². The average molecular weight is 263 g/mol. The minimum atomic E-state index is -0.0978. The van der Waals surface area contributed by atoms with Crippen LogP contribution < -0.4 is 0 Å². The normalized spacial score (nSPS) is 12.1. The van der Waals surface area contributed by atoms with E-state index in [9.17, 15) is 4.79 Å². The molecule has 1 aromatic heterocycles. The lowest BCUT2D eigenvalue weighted by Crippen LogP contribution is -2.14. The Labute approximate surface area is 116 Å². The van der Waals surface area contributed by atoms with E-state index in [1.54, 1.807) is 12.4 Å². The maximum absolute atomic E-state index is 11.8. The topological polar surface area (TPSA) is 39.2 Å². The van der Waals surface area contributed by atoms with E-state index in [0.717, 1.165) is 18.4 Å². The Kier molecular flexibility index (Phi) is 7.87. The van der Waals surface area contributed by atoms with Gasteiger partial charge in [-0.05, 0) is 12.5 Å². The van der Waals surface area contributed by atoms with Crippen LogP contribution in [0.1, 0.15) is 57.9 Å². The van der Waals surface area contributed by atoms with Crippen molar-refractivity contribution in [2.24, 2.45) is 5.92 Å². The summed E-state index contributed by atoms with van der Waals surface area (Å²) in [7, 11) is 0. The first-order valence-corrected chi connectivity index (χ1v) is 7.29. The number of esters is 1. The molecule has 1 unspecified atom stereocenters. The summed E-state index contributed by atoms with van der Waals surface area (Å²) in [6.45, 7) is 4.48. The highest BCUT2D eigenvalue weighted by Gasteiger charge is 2.13. The summed E-state index contributed by atoms with van der Waals surface area (Å²) in [6, 6.07) is 3.76. The van der Waals surface area contributed by atoms with Crippen molar-refractivity contribution in [1.29, 1.82) is 0 Å². The largest absolute Gasteiger partial charge is 0.461 e. The molecule has 0 saturated heterocycles. The van der Waals surface area contributed by atoms with Crippen LogP contribution in [-0.2, 0) is 16.1 Å². The van der Waals surface area contributed by atoms with Crippen molar-refractivity contribution in [3.63, 3.8) is 0 Å². The van der Waals surface area contributed by atoms with E-state index in [1.165, 1.54) is 25.7 Å². The van der Waals surface area contributed by atoms with Crippen molar-refractivity contribution < 1.29 is 9.53 Å². The van der Waals surface area contributed by atoms with Crippen molar-refractivity contribution in [3.05, 3.63) is 30.1 Å². The summed E-state index contributed by atoms with van der Waals surface area (Å²) < 4.78 is 5.29. The molecule has 0 saturated carbocycles. The first-order chi connectivity index (χ1) is 9.24. The van der Waals surface area contributed by atoms with Gasteiger partial charge in [0.25, 0.3) is 0 Å². The van der Waals surface area contributed by atoms with E-state index in [1.807, 2.05) is 19.1 Å². The predicted molar refractivity (Wildman–Crippen MR) is 76.6 cm³/mol. The van der Waals surface area contributed by atoms with Gasteiger partial charge in [0.1, 0.15) is 6.61 Å². The molecule has 0 N–H and O–H groups in total. The summed E-state index contributed by atoms with van der Waals surface area (Å²) >= 11 is 0. The fourth-order valence-electron chi connectivity index (χ4n) is 1.95. The van der Waals surface area contributed by atoms with Crippen LogP contribution in [0.4, 0.5) is 0 Å². The molecule has 1 heterocycles. The molecule has 3 heteroatoms. The Morgan fingerprint density at radius 2 is 2.11 bits per heavy atom. The zero-order valence-corrected chi connectivity index (χ0v) is 12.1. The molecule has 19 heavy (non-hydrogen) atoms. The van der Waals surface area contributed by atoms with Gasteiger partial charge >= 0.3 is 5.97 Å². The second-order valence-corrected chi connectivity index (χ2v) is 5.07. The number of hydrogen-bond acceptors (Lipinski definition) is 3. The van der Waals surface area contributed by atoms with Gasteiger partial charge in [-0.3, -0.25) is 9.78 Å². The third-order valence-electron chi connectivity index (χ3n) is 3.25. The number of aromatic nitrogens is 1. The van der Waals surface area contributed by atoms with Crippen LogP contribution in [0.15, 0.2) is 24.5 Å². The van der Waals surface area contributed by atoms with Crippen LogP contribution >= 0.6 is 0 Å². The average Bonchev–Trinajstić information content (AvgIpc) is 2.45. The van der Waals surface area contributed by atoms with Gasteiger partial charge in [0.2, 0.25) is 0 Å². The summed E-state index contributed by atoms with van der Waals surface area (Å²) in [5.74, 6) is -0.0994. The fraction of sp³-hybridized carbons (Fsp3) is 0.625. The van der Waals surface area contributed by atoms with Gasteiger partial charge in [-0.15, -0.1) is 0 Å². The zero-order valence-electron chi connectivity index (χ0n) is 12.1. The SMILES string of the molecule is CCCCCCCC(C)C(=O)OCc1cccnc1. The highest BCUT2D eigenvalue weighted by Crippen LogP contribution is 2.13. The quantitative estimate of drug-likeness (QED) is 0.497. The van der Waals surface area contributed by atoms with E-state index in [4.69, 9.17) is 4.74 Å². The molecule has 1 rings (SSSR count). The first-order valence-electron chi connectivity index (χ1n) is 7.29. The van der Waals surface area contributed by atoms with E-state index in [0.29, 0.717) is 6.61 Å². The van der Waals surface area contributed by atoms with Crippen molar-refractivity contribution in [2.75, 3.05) is 0 Å². The lowest BCUT2D eigenvalue weighted by Gasteiger charge is -2.11. The number of carbonyl (C=O) groups is 1. The van der Waals surface area contributed by atoms with Gasteiger partial charge in [0.15, 0.2) is 0 Å². The second kappa shape index (κ2) is 9.54. The zero-order chi connectivity index (χ0) is 13.9. The first kappa shape index (κ1) is 15.7. The summed E-state index contributed by atoms with van der Waals surface area (Å²) in [5.41, 5.74) is 0.936. The molecule has 0 aliphatic rings. The Morgan fingerprint density at radius 3 is 2.79 bits per heavy atom. The van der Waals surface area contributed by atoms with E-state index >= 15 is 0 Å². The number of rotatable bonds is 9. The van der Waals surface area contributed by atoms with Gasteiger partial charge in [-0.1, -0.05) is 52.0 Å². The maximum atomic E-state index is 11.8. The molecule has 3 nitrogen and oxygen atoms in total. The molecule has 0 fully saturated rings. The van der Waals surface area contributed by atoms with E-state index in [-0.39, 0.29) is 11.9 Å². The molecule has 0 radical (unpaired) electrons. The number of pyridine rings is 1. The highest BCUT2D eigenvalue weighted by atomic mass is 16.5. The molecule has 0 spiro atoms. The number of ether oxygens (including phenoxy) is 1. The van der Waals surface area contributed by atoms with Gasteiger partial charge in [0, 0.05) is 18.0 Å². The number of nitrogens with zero attached hydrogens (tertiary/aromatic N) is 1. The molecular formula is C16H25NO2. The fourth-order valence-corrected chi connectivity index (χ4v) is 1.95. The van der Waals surface area contributed by atoms with Crippen LogP contribution in [0.3, 0.4) is 0 Å². The van der Waals surface area contributed by atoms with Crippen LogP contribution in [0.25, 0.3) is 0 Å². The molecule has 0 aliphatic heterocycles. The third kappa shape index (κ3) is 6.94. The number of unbranched alkanes of at least 4 members (excludes halogenated alkanes) is 4. The monoisotopic (exact) mass is 263 g/mol. The Bertz CT molecular complexity index is 351. The van der Waals surface area contributed by atoms with Gasteiger partial charge in [0.05, 0.1) is 5.92 Å². The minimum absolute atomic E-state index is 0.00158. The van der Waals surface area contributed by atoms with E-state index < -0.39 is 0 Å². The molecule has 106 valence electrons. The minimum Gasteiger partial charge on any atom is -0.461 e. The Hall–Kier alpha value is -1.38. The Balaban J connectivity index is 2.14. The van der Waals surface area contributed by atoms with Gasteiger partial charge in [-0.2, -0.15) is 0 Å². The predicted octanol–water partition coefficient (Wildman–Crippen LogP) is 4.12. The molecular weight excluding hydrogens is 238 g/mol. The molecule has 0 bridgehead atoms. The third-order valence-corrected chi connectivity index (χ3v) is 3.25. The molecule has 0 aliphatic carbocycles. The smallest absolute Gasteiger partial charge is 0.308 e. The van der Waals surface area contributed by atoms with E-state index in [2.05, 4.69) is 11.9 Å². The van der Waals surface area contributed by atoms with Crippen LogP contribution in [0.2, 0.25) is 0 Å². The van der Waals surface area contributed by atoms with Crippen LogP contribution in [-0.4, -0.2) is 11.0 Å². The lowest BCUT2D eigenvalue weighted by molar-refractivity contribution is -0.149. The van der Waals surface area contributed by atoms with Crippen molar-refractivity contribution in [2.45, 2.75) is 59.0 Å². The van der Waals surface area contributed by atoms with Crippen LogP contribution in [0.5, 0.6) is 0 Å². The van der Waals surface area contributed by atoms with Crippen molar-refractivity contribution in [3.8, 4) is 0 Å². The summed E-state index contributed by atoms with van der Waals surface area (Å²) in [5, 5.41) is 0. The number of carbonyl (C=O) groups excluding carboxylic acids is 1. The molecule has 1 aromatic rings. The van der Waals surface area contributed by atoms with Gasteiger partial charge < -0.3 is 4.74 Å². The van der Waals surface area contributed by atoms with Crippen molar-refractivity contribution >= 4 is 5.97 Å². The van der Waals surface area contributed by atoms with Crippen LogP contribution in [0, 0.1) is 5.92 Å². The second-order valence-electron chi connectivity index (χ2n) is 5.07. The maximum Gasteiger partial charge on any atom is 0.308 e. The van der Waals surface area contributed by atoms with Gasteiger partial charge in [-0.25, -0.2) is 0 Å². The summed E-state index contributed by atoms with van der Waals surface area (Å²) in [4.78, 5) is 15.8. The Morgan fingerprint density at radius 1 is 1.32 bits per heavy atom. The standard InChI is InChI=1S/C16H25NO2/c1-3-4-5-6-7-9-14(2)16(18)19-13-15-10-8-11-17-12-15/h8,10-12,14H,3-7,9,13H2,1-2H3. The molecule has 0 amide bonds. The molecule has 1 atom stereocenters. The lowest BCUT2D eigenvalue weighted by atomic mass is 10.0. The highest BCUT2D eigenvalue weighted by molar-refractivity contribution is 5.71. The molecule has 0 aromatic carbocycles. The summed E-state index contributed by atoms with van der Waals surface area (Å²) in [6.07, 6.45) is 10.5. The number of hydrogen-bond donors (Lipinski definition) is 0.